The molecule has 1 atom stereocenters. The van der Waals surface area contributed by atoms with E-state index in [0.29, 0.717) is 18.1 Å². The minimum Gasteiger partial charge on any atom is -0.387 e. The third kappa shape index (κ3) is 5.06. The molecule has 6 nitrogen and oxygen atoms in total. The molecule has 1 aromatic heterocycles. The summed E-state index contributed by atoms with van der Waals surface area (Å²) in [4.78, 5) is 14.0. The van der Waals surface area contributed by atoms with Crippen molar-refractivity contribution in [3.8, 4) is 0 Å². The molecule has 1 unspecified atom stereocenters. The average Bonchev–Trinajstić information content (AvgIpc) is 3.01. The number of anilines is 1. The lowest BCUT2D eigenvalue weighted by Crippen LogP contribution is -2.37. The number of aliphatic hydroxyl groups excluding tert-OH is 1. The lowest BCUT2D eigenvalue weighted by Gasteiger charge is -2.24. The third-order valence-corrected chi connectivity index (χ3v) is 4.01. The average molecular weight is 345 g/mol. The van der Waals surface area contributed by atoms with Gasteiger partial charge in [-0.2, -0.15) is 0 Å². The van der Waals surface area contributed by atoms with Gasteiger partial charge in [0, 0.05) is 18.0 Å². The second-order valence-electron chi connectivity index (χ2n) is 7.22. The lowest BCUT2D eigenvalue weighted by atomic mass is 9.93. The molecule has 0 saturated heterocycles. The van der Waals surface area contributed by atoms with Crippen LogP contribution in [0.5, 0.6) is 0 Å². The number of urea groups is 1. The summed E-state index contributed by atoms with van der Waals surface area (Å²) in [5.74, 6) is 1.07. The van der Waals surface area contributed by atoms with Gasteiger partial charge in [-0.15, -0.1) is 0 Å². The van der Waals surface area contributed by atoms with Gasteiger partial charge in [-0.25, -0.2) is 4.79 Å². The Morgan fingerprint density at radius 2 is 1.96 bits per heavy atom. The Labute approximate surface area is 148 Å². The largest absolute Gasteiger partial charge is 0.387 e. The molecule has 0 fully saturated rings. The number of aliphatic hydroxyl groups is 1. The van der Waals surface area contributed by atoms with Crippen molar-refractivity contribution in [2.24, 2.45) is 0 Å². The van der Waals surface area contributed by atoms with E-state index in [1.807, 2.05) is 58.9 Å². The topological polar surface area (TPSA) is 78.6 Å². The van der Waals surface area contributed by atoms with Crippen molar-refractivity contribution in [3.05, 3.63) is 47.2 Å². The fourth-order valence-corrected chi connectivity index (χ4v) is 2.33. The van der Waals surface area contributed by atoms with Gasteiger partial charge in [0.25, 0.3) is 0 Å². The first-order chi connectivity index (χ1) is 11.7. The number of hydrogen-bond acceptors (Lipinski definition) is 4. The van der Waals surface area contributed by atoms with Crippen molar-refractivity contribution in [2.75, 3.05) is 18.4 Å². The predicted octanol–water partition coefficient (Wildman–Crippen LogP) is 3.87. The zero-order valence-electron chi connectivity index (χ0n) is 15.5. The molecule has 1 aromatic carbocycles. The summed E-state index contributed by atoms with van der Waals surface area (Å²) < 4.78 is 5.27. The van der Waals surface area contributed by atoms with Gasteiger partial charge in [0.05, 0.1) is 12.6 Å². The quantitative estimate of drug-likeness (QED) is 0.862. The summed E-state index contributed by atoms with van der Waals surface area (Å²) in [5, 5.41) is 17.0. The number of nitrogens with zero attached hydrogens (tertiary/aromatic N) is 2. The van der Waals surface area contributed by atoms with Crippen LogP contribution in [0.2, 0.25) is 0 Å². The number of aryl methyl sites for hydroxylation is 1. The molecule has 2 amide bonds. The molecule has 0 radical (unpaired) electrons. The highest BCUT2D eigenvalue weighted by atomic mass is 16.5. The van der Waals surface area contributed by atoms with Crippen LogP contribution < -0.4 is 5.32 Å². The molecule has 0 aliphatic carbocycles. The molecule has 1 heterocycles. The summed E-state index contributed by atoms with van der Waals surface area (Å²) in [6, 6.07) is 9.04. The number of amides is 2. The monoisotopic (exact) mass is 345 g/mol. The Bertz CT molecular complexity index is 701. The van der Waals surface area contributed by atoms with Crippen LogP contribution in [-0.2, 0) is 5.41 Å². The van der Waals surface area contributed by atoms with Crippen LogP contribution >= 0.6 is 0 Å². The number of carbonyl (C=O) groups is 1. The number of rotatable bonds is 5. The van der Waals surface area contributed by atoms with E-state index < -0.39 is 6.10 Å². The molecule has 136 valence electrons. The van der Waals surface area contributed by atoms with Crippen LogP contribution in [0.1, 0.15) is 50.7 Å². The van der Waals surface area contributed by atoms with E-state index in [1.54, 1.807) is 6.07 Å². The van der Waals surface area contributed by atoms with E-state index in [4.69, 9.17) is 4.52 Å². The standard InChI is InChI=1S/C19H27N3O3/c1-6-22(12-15(23)14-9-7-13(2)8-10-14)18(24)20-17-11-16(25-21-17)19(3,4)5/h7-11,15,23H,6,12H2,1-5H3,(H,20,21,24). The van der Waals surface area contributed by atoms with Gasteiger partial charge < -0.3 is 14.5 Å². The molecule has 25 heavy (non-hydrogen) atoms. The summed E-state index contributed by atoms with van der Waals surface area (Å²) >= 11 is 0. The van der Waals surface area contributed by atoms with Gasteiger partial charge in [0.15, 0.2) is 5.82 Å². The van der Waals surface area contributed by atoms with Crippen LogP contribution in [0.4, 0.5) is 10.6 Å². The molecule has 0 bridgehead atoms. The second kappa shape index (κ2) is 7.70. The fourth-order valence-electron chi connectivity index (χ4n) is 2.33. The second-order valence-corrected chi connectivity index (χ2v) is 7.22. The van der Waals surface area contributed by atoms with E-state index >= 15 is 0 Å². The van der Waals surface area contributed by atoms with Crippen LogP contribution in [-0.4, -0.2) is 34.3 Å². The van der Waals surface area contributed by atoms with Crippen LogP contribution in [0, 0.1) is 6.92 Å². The van der Waals surface area contributed by atoms with Gasteiger partial charge in [0.1, 0.15) is 5.76 Å². The number of likely N-dealkylation sites (N-methyl/N-ethyl adjacent to an activating group) is 1. The smallest absolute Gasteiger partial charge is 0.323 e. The molecule has 0 spiro atoms. The minimum atomic E-state index is -0.742. The molecule has 0 saturated carbocycles. The first-order valence-electron chi connectivity index (χ1n) is 8.48. The molecule has 0 aliphatic rings. The normalized spacial score (nSPS) is 12.7. The summed E-state index contributed by atoms with van der Waals surface area (Å²) in [5.41, 5.74) is 1.73. The summed E-state index contributed by atoms with van der Waals surface area (Å²) in [7, 11) is 0. The summed E-state index contributed by atoms with van der Waals surface area (Å²) in [6.07, 6.45) is -0.742. The van der Waals surface area contributed by atoms with Gasteiger partial charge in [0.2, 0.25) is 0 Å². The Morgan fingerprint density at radius 1 is 1.32 bits per heavy atom. The van der Waals surface area contributed by atoms with Crippen molar-refractivity contribution in [1.82, 2.24) is 10.1 Å². The first kappa shape index (κ1) is 19.0. The maximum atomic E-state index is 12.4. The van der Waals surface area contributed by atoms with Gasteiger partial charge in [-0.05, 0) is 19.4 Å². The van der Waals surface area contributed by atoms with Crippen molar-refractivity contribution in [1.29, 1.82) is 0 Å². The lowest BCUT2D eigenvalue weighted by molar-refractivity contribution is 0.128. The first-order valence-corrected chi connectivity index (χ1v) is 8.48. The predicted molar refractivity (Wildman–Crippen MR) is 97.6 cm³/mol. The maximum absolute atomic E-state index is 12.4. The highest BCUT2D eigenvalue weighted by Crippen LogP contribution is 2.24. The number of carbonyl (C=O) groups excluding carboxylic acids is 1. The van der Waals surface area contributed by atoms with E-state index in [-0.39, 0.29) is 18.0 Å². The number of aromatic nitrogens is 1. The highest BCUT2D eigenvalue weighted by Gasteiger charge is 2.22. The zero-order chi connectivity index (χ0) is 18.6. The highest BCUT2D eigenvalue weighted by molar-refractivity contribution is 5.88. The molecule has 0 aliphatic heterocycles. The van der Waals surface area contributed by atoms with Crippen LogP contribution in [0.25, 0.3) is 0 Å². The van der Waals surface area contributed by atoms with Crippen molar-refractivity contribution >= 4 is 11.8 Å². The van der Waals surface area contributed by atoms with Crippen molar-refractivity contribution < 1.29 is 14.4 Å². The molecule has 2 N–H and O–H groups in total. The van der Waals surface area contributed by atoms with Gasteiger partial charge in [-0.3, -0.25) is 5.32 Å². The number of benzene rings is 1. The van der Waals surface area contributed by atoms with Crippen molar-refractivity contribution in [3.63, 3.8) is 0 Å². The van der Waals surface area contributed by atoms with E-state index in [2.05, 4.69) is 10.5 Å². The Morgan fingerprint density at radius 3 is 2.48 bits per heavy atom. The van der Waals surface area contributed by atoms with E-state index in [1.165, 1.54) is 4.90 Å². The third-order valence-electron chi connectivity index (χ3n) is 4.01. The number of nitrogens with one attached hydrogen (secondary N) is 1. The molecular formula is C19H27N3O3. The number of hydrogen-bond donors (Lipinski definition) is 2. The van der Waals surface area contributed by atoms with E-state index in [9.17, 15) is 9.90 Å². The fraction of sp³-hybridized carbons (Fsp3) is 0.474. The Hall–Kier alpha value is -2.34. The SMILES string of the molecule is CCN(CC(O)c1ccc(C)cc1)C(=O)Nc1cc(C(C)(C)C)on1. The van der Waals surface area contributed by atoms with Crippen LogP contribution in [0.15, 0.2) is 34.9 Å². The minimum absolute atomic E-state index is 0.179. The van der Waals surface area contributed by atoms with E-state index in [0.717, 1.165) is 11.1 Å². The molecule has 2 rings (SSSR count). The summed E-state index contributed by atoms with van der Waals surface area (Å²) in [6.45, 7) is 10.6. The Balaban J connectivity index is 2.00. The molecule has 2 aromatic rings. The Kier molecular flexibility index (Phi) is 5.85. The van der Waals surface area contributed by atoms with Crippen molar-refractivity contribution in [2.45, 2.75) is 46.1 Å². The maximum Gasteiger partial charge on any atom is 0.323 e. The van der Waals surface area contributed by atoms with Gasteiger partial charge >= 0.3 is 6.03 Å². The van der Waals surface area contributed by atoms with Gasteiger partial charge in [-0.1, -0.05) is 55.8 Å². The van der Waals surface area contributed by atoms with Crippen LogP contribution in [0.3, 0.4) is 0 Å². The molecule has 6 heteroatoms. The molecular weight excluding hydrogens is 318 g/mol. The zero-order valence-corrected chi connectivity index (χ0v) is 15.5.